The number of ether oxygens (including phenoxy) is 1. The first-order valence-corrected chi connectivity index (χ1v) is 8.92. The monoisotopic (exact) mass is 379 g/mol. The van der Waals surface area contributed by atoms with Gasteiger partial charge in [-0.15, -0.1) is 10.2 Å². The summed E-state index contributed by atoms with van der Waals surface area (Å²) in [5.41, 5.74) is 0.433. The van der Waals surface area contributed by atoms with Crippen molar-refractivity contribution in [2.45, 2.75) is 0 Å². The van der Waals surface area contributed by atoms with Crippen LogP contribution < -0.4 is 10.6 Å². The van der Waals surface area contributed by atoms with Crippen LogP contribution in [-0.2, 0) is 4.74 Å². The lowest BCUT2D eigenvalue weighted by atomic mass is 10.3. The van der Waals surface area contributed by atoms with E-state index in [0.29, 0.717) is 25.4 Å². The molecule has 1 aliphatic heterocycles. The van der Waals surface area contributed by atoms with Crippen LogP contribution in [0.5, 0.6) is 0 Å². The lowest BCUT2D eigenvalue weighted by Gasteiger charge is -2.26. The number of hydrogen-bond donors (Lipinski definition) is 2. The highest BCUT2D eigenvalue weighted by atomic mass is 32.1. The molecule has 1 fully saturated rings. The number of hydrogen-bond acceptors (Lipinski definition) is 7. The fourth-order valence-corrected chi connectivity index (χ4v) is 3.01. The minimum atomic E-state index is -0.499. The van der Waals surface area contributed by atoms with Crippen molar-refractivity contribution >= 4 is 28.8 Å². The summed E-state index contributed by atoms with van der Waals surface area (Å²) in [5.74, 6) is -1.26. The molecule has 1 aromatic heterocycles. The molecule has 0 saturated carbocycles. The molecule has 0 radical (unpaired) electrons. The Bertz CT molecular complexity index is 762. The SMILES string of the molecule is O=C(NCCN1CCOCC1)c1nnc(C(=O)Nc2ccc(F)cc2)s1. The van der Waals surface area contributed by atoms with E-state index in [1.165, 1.54) is 24.3 Å². The Balaban J connectivity index is 1.48. The number of rotatable bonds is 6. The molecule has 1 aliphatic rings. The maximum absolute atomic E-state index is 12.9. The van der Waals surface area contributed by atoms with Crippen LogP contribution in [0.1, 0.15) is 19.6 Å². The van der Waals surface area contributed by atoms with Crippen molar-refractivity contribution in [2.24, 2.45) is 0 Å². The zero-order valence-corrected chi connectivity index (χ0v) is 14.7. The van der Waals surface area contributed by atoms with E-state index in [-0.39, 0.29) is 15.9 Å². The van der Waals surface area contributed by atoms with Crippen molar-refractivity contribution in [1.29, 1.82) is 0 Å². The van der Waals surface area contributed by atoms with Gasteiger partial charge in [0.25, 0.3) is 11.8 Å². The van der Waals surface area contributed by atoms with Crippen LogP contribution in [0.2, 0.25) is 0 Å². The van der Waals surface area contributed by atoms with Crippen LogP contribution >= 0.6 is 11.3 Å². The van der Waals surface area contributed by atoms with Gasteiger partial charge in [0.05, 0.1) is 13.2 Å². The van der Waals surface area contributed by atoms with Crippen LogP contribution in [-0.4, -0.2) is 66.3 Å². The summed E-state index contributed by atoms with van der Waals surface area (Å²) < 4.78 is 18.1. The fraction of sp³-hybridized carbons (Fsp3) is 0.375. The number of nitrogens with one attached hydrogen (secondary N) is 2. The van der Waals surface area contributed by atoms with Crippen molar-refractivity contribution in [3.05, 3.63) is 40.1 Å². The maximum atomic E-state index is 12.9. The van der Waals surface area contributed by atoms with Crippen LogP contribution in [0.3, 0.4) is 0 Å². The van der Waals surface area contributed by atoms with E-state index in [0.717, 1.165) is 31.0 Å². The number of amides is 2. The Morgan fingerprint density at radius 2 is 1.77 bits per heavy atom. The molecule has 0 bridgehead atoms. The zero-order valence-electron chi connectivity index (χ0n) is 13.9. The lowest BCUT2D eigenvalue weighted by molar-refractivity contribution is 0.0383. The van der Waals surface area contributed by atoms with E-state index in [2.05, 4.69) is 25.7 Å². The number of nitrogens with zero attached hydrogens (tertiary/aromatic N) is 3. The number of anilines is 1. The average Bonchev–Trinajstić information content (AvgIpc) is 3.15. The lowest BCUT2D eigenvalue weighted by Crippen LogP contribution is -2.41. The number of carbonyl (C=O) groups excluding carboxylic acids is 2. The number of aromatic nitrogens is 2. The molecule has 8 nitrogen and oxygen atoms in total. The van der Waals surface area contributed by atoms with Crippen molar-refractivity contribution in [3.63, 3.8) is 0 Å². The second-order valence-electron chi connectivity index (χ2n) is 5.58. The van der Waals surface area contributed by atoms with Crippen molar-refractivity contribution in [2.75, 3.05) is 44.7 Å². The van der Waals surface area contributed by atoms with E-state index in [1.807, 2.05) is 0 Å². The minimum Gasteiger partial charge on any atom is -0.379 e. The normalized spacial score (nSPS) is 14.8. The third-order valence-electron chi connectivity index (χ3n) is 3.73. The summed E-state index contributed by atoms with van der Waals surface area (Å²) in [6, 6.07) is 5.35. The zero-order chi connectivity index (χ0) is 18.4. The molecule has 3 rings (SSSR count). The Hall–Kier alpha value is -2.43. The topological polar surface area (TPSA) is 96.5 Å². The molecule has 138 valence electrons. The molecular formula is C16H18FN5O3S. The Morgan fingerprint density at radius 1 is 1.12 bits per heavy atom. The van der Waals surface area contributed by atoms with Crippen LogP contribution in [0.4, 0.5) is 10.1 Å². The van der Waals surface area contributed by atoms with Gasteiger partial charge in [-0.25, -0.2) is 4.39 Å². The van der Waals surface area contributed by atoms with Crippen molar-refractivity contribution in [1.82, 2.24) is 20.4 Å². The highest BCUT2D eigenvalue weighted by Gasteiger charge is 2.18. The summed E-state index contributed by atoms with van der Waals surface area (Å²) in [4.78, 5) is 26.4. The fourth-order valence-electron chi connectivity index (χ4n) is 2.35. The first kappa shape index (κ1) is 18.4. The van der Waals surface area contributed by atoms with Gasteiger partial charge in [-0.1, -0.05) is 11.3 Å². The standard InChI is InChI=1S/C16H18FN5O3S/c17-11-1-3-12(4-2-11)19-14(24)16-21-20-15(26-16)13(23)18-5-6-22-7-9-25-10-8-22/h1-4H,5-10H2,(H,18,23)(H,19,24). The summed E-state index contributed by atoms with van der Waals surface area (Å²) in [6.45, 7) is 4.32. The number of carbonyl (C=O) groups is 2. The predicted molar refractivity (Wildman–Crippen MR) is 93.9 cm³/mol. The maximum Gasteiger partial charge on any atom is 0.286 e. The molecule has 26 heavy (non-hydrogen) atoms. The van der Waals surface area contributed by atoms with Crippen LogP contribution in [0.15, 0.2) is 24.3 Å². The first-order chi connectivity index (χ1) is 12.6. The number of halogens is 1. The van der Waals surface area contributed by atoms with E-state index in [9.17, 15) is 14.0 Å². The van der Waals surface area contributed by atoms with Crippen LogP contribution in [0, 0.1) is 5.82 Å². The minimum absolute atomic E-state index is 0.0626. The molecular weight excluding hydrogens is 361 g/mol. The molecule has 0 aliphatic carbocycles. The molecule has 2 aromatic rings. The van der Waals surface area contributed by atoms with Gasteiger partial charge in [0.15, 0.2) is 0 Å². The Labute approximate surface area is 153 Å². The van der Waals surface area contributed by atoms with E-state index in [4.69, 9.17) is 4.74 Å². The molecule has 0 spiro atoms. The molecule has 1 saturated heterocycles. The molecule has 10 heteroatoms. The molecule has 1 aromatic carbocycles. The highest BCUT2D eigenvalue weighted by Crippen LogP contribution is 2.14. The molecule has 2 amide bonds. The van der Waals surface area contributed by atoms with Gasteiger partial charge >= 0.3 is 0 Å². The summed E-state index contributed by atoms with van der Waals surface area (Å²) >= 11 is 0.904. The molecule has 2 heterocycles. The smallest absolute Gasteiger partial charge is 0.286 e. The molecule has 0 unspecified atom stereocenters. The van der Waals surface area contributed by atoms with Gasteiger partial charge in [-0.3, -0.25) is 14.5 Å². The summed E-state index contributed by atoms with van der Waals surface area (Å²) in [6.07, 6.45) is 0. The largest absolute Gasteiger partial charge is 0.379 e. The Kier molecular flexibility index (Phi) is 6.21. The Morgan fingerprint density at radius 3 is 2.46 bits per heavy atom. The van der Waals surface area contributed by atoms with Gasteiger partial charge < -0.3 is 15.4 Å². The van der Waals surface area contributed by atoms with Crippen molar-refractivity contribution in [3.8, 4) is 0 Å². The number of benzene rings is 1. The second-order valence-corrected chi connectivity index (χ2v) is 6.56. The van der Waals surface area contributed by atoms with Gasteiger partial charge in [0.1, 0.15) is 5.82 Å². The van der Waals surface area contributed by atoms with Crippen LogP contribution in [0.25, 0.3) is 0 Å². The third kappa shape index (κ3) is 5.04. The van der Waals surface area contributed by atoms with Gasteiger partial charge in [-0.05, 0) is 24.3 Å². The van der Waals surface area contributed by atoms with Crippen molar-refractivity contribution < 1.29 is 18.7 Å². The predicted octanol–water partition coefficient (Wildman–Crippen LogP) is 0.991. The van der Waals surface area contributed by atoms with Gasteiger partial charge in [0, 0.05) is 31.9 Å². The van der Waals surface area contributed by atoms with E-state index >= 15 is 0 Å². The first-order valence-electron chi connectivity index (χ1n) is 8.10. The quantitative estimate of drug-likeness (QED) is 0.777. The van der Waals surface area contributed by atoms with Gasteiger partial charge in [-0.2, -0.15) is 0 Å². The van der Waals surface area contributed by atoms with E-state index < -0.39 is 11.7 Å². The summed E-state index contributed by atoms with van der Waals surface area (Å²) in [5, 5.41) is 13.0. The second kappa shape index (κ2) is 8.79. The summed E-state index contributed by atoms with van der Waals surface area (Å²) in [7, 11) is 0. The van der Waals surface area contributed by atoms with Gasteiger partial charge in [0.2, 0.25) is 10.0 Å². The number of morpholine rings is 1. The molecule has 0 atom stereocenters. The highest BCUT2D eigenvalue weighted by molar-refractivity contribution is 7.15. The molecule has 2 N–H and O–H groups in total. The third-order valence-corrected chi connectivity index (χ3v) is 4.65. The average molecular weight is 379 g/mol. The van der Waals surface area contributed by atoms with E-state index in [1.54, 1.807) is 0 Å².